The summed E-state index contributed by atoms with van der Waals surface area (Å²) in [5.41, 5.74) is 2.37. The summed E-state index contributed by atoms with van der Waals surface area (Å²) in [6, 6.07) is 8.24. The van der Waals surface area contributed by atoms with Crippen molar-refractivity contribution in [3.05, 3.63) is 35.4 Å². The van der Waals surface area contributed by atoms with Crippen molar-refractivity contribution in [3.8, 4) is 0 Å². The Bertz CT molecular complexity index is 463. The molecule has 6 heteroatoms. The number of amides is 1. The summed E-state index contributed by atoms with van der Waals surface area (Å²) in [5.74, 6) is 0.619. The predicted octanol–water partition coefficient (Wildman–Crippen LogP) is 1.80. The first-order valence-corrected chi connectivity index (χ1v) is 7.00. The topological polar surface area (TPSA) is 65.5 Å². The number of nitrogens with one attached hydrogen (secondary N) is 3. The largest absolute Gasteiger partial charge is 0.357 e. The van der Waals surface area contributed by atoms with E-state index in [4.69, 9.17) is 0 Å². The first-order valence-electron chi connectivity index (χ1n) is 7.00. The van der Waals surface area contributed by atoms with Crippen molar-refractivity contribution < 1.29 is 4.79 Å². The number of rotatable bonds is 6. The van der Waals surface area contributed by atoms with Gasteiger partial charge in [-0.2, -0.15) is 0 Å². The van der Waals surface area contributed by atoms with Crippen molar-refractivity contribution in [2.75, 3.05) is 19.6 Å². The Balaban J connectivity index is 0.00000400. The second-order valence-corrected chi connectivity index (χ2v) is 4.49. The maximum absolute atomic E-state index is 11.4. The SMILES string of the molecule is CCNC(=O)CNC(=NCc1cccc(C)c1)NCC.I. The number of aryl methyl sites for hydroxylation is 1. The van der Waals surface area contributed by atoms with E-state index in [0.717, 1.165) is 12.1 Å². The molecule has 5 nitrogen and oxygen atoms in total. The van der Waals surface area contributed by atoms with Gasteiger partial charge in [0.1, 0.15) is 0 Å². The molecule has 0 unspecified atom stereocenters. The van der Waals surface area contributed by atoms with E-state index in [1.165, 1.54) is 5.56 Å². The van der Waals surface area contributed by atoms with Gasteiger partial charge < -0.3 is 16.0 Å². The molecule has 0 spiro atoms. The predicted molar refractivity (Wildman–Crippen MR) is 98.1 cm³/mol. The number of carbonyl (C=O) groups is 1. The Morgan fingerprint density at radius 3 is 2.48 bits per heavy atom. The number of hydrogen-bond donors (Lipinski definition) is 3. The van der Waals surface area contributed by atoms with Gasteiger partial charge in [-0.1, -0.05) is 29.8 Å². The van der Waals surface area contributed by atoms with Crippen LogP contribution in [0.4, 0.5) is 0 Å². The van der Waals surface area contributed by atoms with Crippen LogP contribution >= 0.6 is 24.0 Å². The molecule has 21 heavy (non-hydrogen) atoms. The molecule has 0 aromatic heterocycles. The first-order chi connectivity index (χ1) is 9.65. The lowest BCUT2D eigenvalue weighted by molar-refractivity contribution is -0.119. The van der Waals surface area contributed by atoms with Crippen molar-refractivity contribution in [1.29, 1.82) is 0 Å². The van der Waals surface area contributed by atoms with Crippen LogP contribution in [0.2, 0.25) is 0 Å². The molecule has 118 valence electrons. The monoisotopic (exact) mass is 404 g/mol. The van der Waals surface area contributed by atoms with Gasteiger partial charge in [-0.3, -0.25) is 4.79 Å². The molecule has 0 radical (unpaired) electrons. The molecule has 0 aliphatic carbocycles. The fourth-order valence-corrected chi connectivity index (χ4v) is 1.75. The zero-order valence-corrected chi connectivity index (χ0v) is 15.2. The lowest BCUT2D eigenvalue weighted by Gasteiger charge is -2.11. The maximum atomic E-state index is 11.4. The second-order valence-electron chi connectivity index (χ2n) is 4.49. The number of hydrogen-bond acceptors (Lipinski definition) is 2. The Hall–Kier alpha value is -1.31. The average Bonchev–Trinajstić information content (AvgIpc) is 2.42. The summed E-state index contributed by atoms with van der Waals surface area (Å²) in [6.45, 7) is 8.17. The zero-order chi connectivity index (χ0) is 14.8. The number of likely N-dealkylation sites (N-methyl/N-ethyl adjacent to an activating group) is 1. The Labute approximate surface area is 144 Å². The van der Waals surface area contributed by atoms with Crippen LogP contribution in [0.1, 0.15) is 25.0 Å². The highest BCUT2D eigenvalue weighted by atomic mass is 127. The van der Waals surface area contributed by atoms with E-state index in [0.29, 0.717) is 19.0 Å². The normalized spacial score (nSPS) is 10.5. The number of guanidine groups is 1. The van der Waals surface area contributed by atoms with Gasteiger partial charge in [0.2, 0.25) is 5.91 Å². The van der Waals surface area contributed by atoms with Crippen molar-refractivity contribution in [3.63, 3.8) is 0 Å². The van der Waals surface area contributed by atoms with E-state index in [1.54, 1.807) is 0 Å². The lowest BCUT2D eigenvalue weighted by Crippen LogP contribution is -2.43. The third kappa shape index (κ3) is 8.54. The number of carbonyl (C=O) groups excluding carboxylic acids is 1. The molecule has 1 rings (SSSR count). The molecular formula is C15H25IN4O. The smallest absolute Gasteiger partial charge is 0.239 e. The minimum atomic E-state index is -0.0336. The molecule has 0 aliphatic rings. The van der Waals surface area contributed by atoms with E-state index in [9.17, 15) is 4.79 Å². The summed E-state index contributed by atoms with van der Waals surface area (Å²) in [7, 11) is 0. The quantitative estimate of drug-likeness (QED) is 0.385. The molecule has 0 heterocycles. The summed E-state index contributed by atoms with van der Waals surface area (Å²) in [6.07, 6.45) is 0. The van der Waals surface area contributed by atoms with E-state index < -0.39 is 0 Å². The molecule has 0 saturated carbocycles. The number of halogens is 1. The highest BCUT2D eigenvalue weighted by molar-refractivity contribution is 14.0. The minimum Gasteiger partial charge on any atom is -0.357 e. The molecule has 3 N–H and O–H groups in total. The standard InChI is InChI=1S/C15H24N4O.HI/c1-4-16-14(20)11-19-15(17-5-2)18-10-13-8-6-7-12(3)9-13;/h6-9H,4-5,10-11H2,1-3H3,(H,16,20)(H2,17,18,19);1H. The molecule has 0 aliphatic heterocycles. The van der Waals surface area contributed by atoms with Crippen LogP contribution in [0.3, 0.4) is 0 Å². The Kier molecular flexibility index (Phi) is 10.7. The molecule has 0 bridgehead atoms. The van der Waals surface area contributed by atoms with Gasteiger partial charge in [0.05, 0.1) is 13.1 Å². The molecule has 0 saturated heterocycles. The Morgan fingerprint density at radius 2 is 1.86 bits per heavy atom. The van der Waals surface area contributed by atoms with Crippen LogP contribution in [0, 0.1) is 6.92 Å². The van der Waals surface area contributed by atoms with Crippen LogP contribution in [-0.2, 0) is 11.3 Å². The van der Waals surface area contributed by atoms with Gasteiger partial charge in [-0.25, -0.2) is 4.99 Å². The highest BCUT2D eigenvalue weighted by Gasteiger charge is 2.02. The Morgan fingerprint density at radius 1 is 1.14 bits per heavy atom. The van der Waals surface area contributed by atoms with Gasteiger partial charge in [-0.05, 0) is 26.3 Å². The lowest BCUT2D eigenvalue weighted by atomic mass is 10.1. The van der Waals surface area contributed by atoms with E-state index in [-0.39, 0.29) is 36.4 Å². The number of benzene rings is 1. The van der Waals surface area contributed by atoms with E-state index in [1.807, 2.05) is 26.0 Å². The average molecular weight is 404 g/mol. The minimum absolute atomic E-state index is 0. The van der Waals surface area contributed by atoms with Crippen molar-refractivity contribution in [1.82, 2.24) is 16.0 Å². The van der Waals surface area contributed by atoms with Crippen molar-refractivity contribution >= 4 is 35.8 Å². The van der Waals surface area contributed by atoms with Crippen LogP contribution in [0.25, 0.3) is 0 Å². The van der Waals surface area contributed by atoms with E-state index in [2.05, 4.69) is 40.0 Å². The van der Waals surface area contributed by atoms with Gasteiger partial charge >= 0.3 is 0 Å². The number of aliphatic imine (C=N–C) groups is 1. The zero-order valence-electron chi connectivity index (χ0n) is 12.9. The molecule has 1 aromatic carbocycles. The maximum Gasteiger partial charge on any atom is 0.239 e. The van der Waals surface area contributed by atoms with Crippen LogP contribution in [0.5, 0.6) is 0 Å². The number of nitrogens with zero attached hydrogens (tertiary/aromatic N) is 1. The van der Waals surface area contributed by atoms with Gasteiger partial charge in [-0.15, -0.1) is 24.0 Å². The summed E-state index contributed by atoms with van der Waals surface area (Å²) >= 11 is 0. The summed E-state index contributed by atoms with van der Waals surface area (Å²) in [5, 5.41) is 8.88. The molecule has 0 fully saturated rings. The highest BCUT2D eigenvalue weighted by Crippen LogP contribution is 2.04. The van der Waals surface area contributed by atoms with Crippen molar-refractivity contribution in [2.24, 2.45) is 4.99 Å². The fourth-order valence-electron chi connectivity index (χ4n) is 1.75. The fraction of sp³-hybridized carbons (Fsp3) is 0.467. The third-order valence-electron chi connectivity index (χ3n) is 2.64. The van der Waals surface area contributed by atoms with Gasteiger partial charge in [0, 0.05) is 13.1 Å². The van der Waals surface area contributed by atoms with Gasteiger partial charge in [0.15, 0.2) is 5.96 Å². The first kappa shape index (κ1) is 19.7. The van der Waals surface area contributed by atoms with E-state index >= 15 is 0 Å². The molecule has 0 atom stereocenters. The molecule has 1 amide bonds. The van der Waals surface area contributed by atoms with Crippen molar-refractivity contribution in [2.45, 2.75) is 27.3 Å². The molecular weight excluding hydrogens is 379 g/mol. The third-order valence-corrected chi connectivity index (χ3v) is 2.64. The summed E-state index contributed by atoms with van der Waals surface area (Å²) in [4.78, 5) is 15.9. The van der Waals surface area contributed by atoms with Crippen LogP contribution in [0.15, 0.2) is 29.3 Å². The van der Waals surface area contributed by atoms with Crippen LogP contribution in [-0.4, -0.2) is 31.5 Å². The second kappa shape index (κ2) is 11.4. The summed E-state index contributed by atoms with van der Waals surface area (Å²) < 4.78 is 0. The molecule has 1 aromatic rings. The van der Waals surface area contributed by atoms with Gasteiger partial charge in [0.25, 0.3) is 0 Å². The van der Waals surface area contributed by atoms with Crippen LogP contribution < -0.4 is 16.0 Å².